The summed E-state index contributed by atoms with van der Waals surface area (Å²) < 4.78 is 0. The highest BCUT2D eigenvalue weighted by Gasteiger charge is 2.02. The summed E-state index contributed by atoms with van der Waals surface area (Å²) in [5.74, 6) is -0.0602. The number of ketones is 1. The zero-order chi connectivity index (χ0) is 12.0. The fourth-order valence-electron chi connectivity index (χ4n) is 1.10. The van der Waals surface area contributed by atoms with E-state index in [4.69, 9.17) is 5.73 Å². The minimum atomic E-state index is -0.751. The molecule has 2 amide bonds. The van der Waals surface area contributed by atoms with Gasteiger partial charge in [0.15, 0.2) is 5.78 Å². The van der Waals surface area contributed by atoms with Crippen LogP contribution in [0.2, 0.25) is 0 Å². The fraction of sp³-hybridized carbons (Fsp3) is 0.182. The van der Waals surface area contributed by atoms with Gasteiger partial charge in [0.05, 0.1) is 0 Å². The van der Waals surface area contributed by atoms with Crippen molar-refractivity contribution in [3.63, 3.8) is 0 Å². The number of benzene rings is 1. The Morgan fingerprint density at radius 2 is 2.00 bits per heavy atom. The smallest absolute Gasteiger partial charge is 0.332 e. The quantitative estimate of drug-likeness (QED) is 0.453. The molecule has 5 nitrogen and oxygen atoms in total. The monoisotopic (exact) mass is 219 g/mol. The molecular weight excluding hydrogens is 206 g/mol. The van der Waals surface area contributed by atoms with Gasteiger partial charge in [-0.3, -0.25) is 4.79 Å². The van der Waals surface area contributed by atoms with E-state index in [1.54, 1.807) is 12.1 Å². The molecule has 0 saturated carbocycles. The number of rotatable bonds is 4. The molecule has 0 heterocycles. The van der Waals surface area contributed by atoms with Crippen LogP contribution in [0, 0.1) is 6.92 Å². The molecule has 0 fully saturated rings. The van der Waals surface area contributed by atoms with E-state index >= 15 is 0 Å². The molecule has 1 aromatic rings. The van der Waals surface area contributed by atoms with Gasteiger partial charge in [-0.15, -0.1) is 0 Å². The van der Waals surface area contributed by atoms with Crippen LogP contribution >= 0.6 is 0 Å². The van der Waals surface area contributed by atoms with Crippen molar-refractivity contribution in [3.8, 4) is 0 Å². The largest absolute Gasteiger partial charge is 0.350 e. The number of Topliss-reactive ketones (excluding diaryl/α,β-unsaturated/α-hetero) is 1. The van der Waals surface area contributed by atoms with Crippen LogP contribution in [-0.4, -0.2) is 18.0 Å². The lowest BCUT2D eigenvalue weighted by Crippen LogP contribution is -2.24. The molecule has 0 aliphatic heterocycles. The number of hydrazone groups is 1. The number of primary amides is 1. The summed E-state index contributed by atoms with van der Waals surface area (Å²) in [5.41, 5.74) is 8.53. The second kappa shape index (κ2) is 5.65. The van der Waals surface area contributed by atoms with Crippen LogP contribution in [0.15, 0.2) is 29.4 Å². The molecule has 3 N–H and O–H groups in total. The predicted octanol–water partition coefficient (Wildman–Crippen LogP) is 1.22. The normalized spacial score (nSPS) is 10.3. The maximum atomic E-state index is 11.6. The Bertz CT molecular complexity index is 410. The summed E-state index contributed by atoms with van der Waals surface area (Å²) in [4.78, 5) is 21.8. The van der Waals surface area contributed by atoms with Gasteiger partial charge in [-0.1, -0.05) is 29.8 Å². The van der Waals surface area contributed by atoms with E-state index in [0.29, 0.717) is 5.56 Å². The maximum Gasteiger partial charge on any atom is 0.332 e. The maximum absolute atomic E-state index is 11.6. The average molecular weight is 219 g/mol. The van der Waals surface area contributed by atoms with Gasteiger partial charge in [-0.25, -0.2) is 10.2 Å². The Balaban J connectivity index is 2.50. The Morgan fingerprint density at radius 3 is 2.56 bits per heavy atom. The highest BCUT2D eigenvalue weighted by Crippen LogP contribution is 2.05. The van der Waals surface area contributed by atoms with Crippen LogP contribution in [0.1, 0.15) is 22.3 Å². The number of nitrogens with zero attached hydrogens (tertiary/aromatic N) is 1. The van der Waals surface area contributed by atoms with Crippen LogP contribution in [0.25, 0.3) is 0 Å². The lowest BCUT2D eigenvalue weighted by atomic mass is 10.1. The second-order valence-corrected chi connectivity index (χ2v) is 3.28. The van der Waals surface area contributed by atoms with E-state index in [-0.39, 0.29) is 12.2 Å². The fourth-order valence-corrected chi connectivity index (χ4v) is 1.10. The topological polar surface area (TPSA) is 84.6 Å². The molecule has 0 aliphatic rings. The van der Waals surface area contributed by atoms with E-state index in [1.807, 2.05) is 24.5 Å². The number of amides is 2. The van der Waals surface area contributed by atoms with Crippen molar-refractivity contribution >= 4 is 18.0 Å². The molecule has 5 heteroatoms. The summed E-state index contributed by atoms with van der Waals surface area (Å²) in [6.07, 6.45) is 1.44. The molecule has 0 aromatic heterocycles. The zero-order valence-corrected chi connectivity index (χ0v) is 8.93. The third kappa shape index (κ3) is 3.91. The first-order valence-corrected chi connectivity index (χ1v) is 4.76. The first kappa shape index (κ1) is 11.9. The molecule has 0 atom stereocenters. The van der Waals surface area contributed by atoms with Gasteiger partial charge in [0, 0.05) is 18.2 Å². The van der Waals surface area contributed by atoms with Crippen LogP contribution in [0.4, 0.5) is 4.79 Å². The van der Waals surface area contributed by atoms with Crippen molar-refractivity contribution in [2.24, 2.45) is 10.8 Å². The van der Waals surface area contributed by atoms with E-state index in [0.717, 1.165) is 5.56 Å². The highest BCUT2D eigenvalue weighted by molar-refractivity contribution is 6.03. The summed E-state index contributed by atoms with van der Waals surface area (Å²) in [7, 11) is 0. The summed E-state index contributed by atoms with van der Waals surface area (Å²) in [5, 5.41) is 3.48. The molecule has 16 heavy (non-hydrogen) atoms. The number of nitrogens with one attached hydrogen (secondary N) is 1. The Kier molecular flexibility index (Phi) is 4.20. The molecule has 0 aliphatic carbocycles. The molecule has 0 bridgehead atoms. The summed E-state index contributed by atoms with van der Waals surface area (Å²) in [6.45, 7) is 1.95. The molecule has 1 aromatic carbocycles. The third-order valence-corrected chi connectivity index (χ3v) is 1.92. The molecule has 0 radical (unpaired) electrons. The van der Waals surface area contributed by atoms with E-state index in [1.165, 1.54) is 6.21 Å². The molecular formula is C11H13N3O2. The lowest BCUT2D eigenvalue weighted by Gasteiger charge is -1.98. The van der Waals surface area contributed by atoms with Crippen LogP contribution < -0.4 is 11.2 Å². The molecule has 1 rings (SSSR count). The van der Waals surface area contributed by atoms with Gasteiger partial charge in [0.1, 0.15) is 0 Å². The van der Waals surface area contributed by atoms with Crippen molar-refractivity contribution in [2.45, 2.75) is 13.3 Å². The van der Waals surface area contributed by atoms with Gasteiger partial charge in [0.25, 0.3) is 0 Å². The van der Waals surface area contributed by atoms with Crippen molar-refractivity contribution in [3.05, 3.63) is 35.4 Å². The minimum absolute atomic E-state index is 0.0602. The Hall–Kier alpha value is -2.17. The second-order valence-electron chi connectivity index (χ2n) is 3.28. The molecule has 84 valence electrons. The summed E-state index contributed by atoms with van der Waals surface area (Å²) >= 11 is 0. The number of carbonyl (C=O) groups excluding carboxylic acids is 2. The van der Waals surface area contributed by atoms with Crippen molar-refractivity contribution < 1.29 is 9.59 Å². The minimum Gasteiger partial charge on any atom is -0.350 e. The lowest BCUT2D eigenvalue weighted by molar-refractivity contribution is 0.100. The van der Waals surface area contributed by atoms with E-state index in [2.05, 4.69) is 5.10 Å². The molecule has 0 saturated heterocycles. The highest BCUT2D eigenvalue weighted by atomic mass is 16.2. The standard InChI is InChI=1S/C11H13N3O2/c1-8-2-4-9(5-3-8)10(15)6-7-13-14-11(12)16/h2-5,7H,6H2,1H3,(H3,12,14,16)/b13-7+. The molecule has 0 spiro atoms. The summed E-state index contributed by atoms with van der Waals surface area (Å²) in [6, 6.07) is 6.50. The number of urea groups is 1. The zero-order valence-electron chi connectivity index (χ0n) is 8.93. The number of nitrogens with two attached hydrogens (primary N) is 1. The van der Waals surface area contributed by atoms with Crippen molar-refractivity contribution in [1.29, 1.82) is 0 Å². The van der Waals surface area contributed by atoms with Crippen LogP contribution in [0.5, 0.6) is 0 Å². The first-order valence-electron chi connectivity index (χ1n) is 4.76. The van der Waals surface area contributed by atoms with E-state index in [9.17, 15) is 9.59 Å². The number of hydrogen-bond donors (Lipinski definition) is 2. The molecule has 0 unspecified atom stereocenters. The van der Waals surface area contributed by atoms with Gasteiger partial charge < -0.3 is 5.73 Å². The SMILES string of the molecule is Cc1ccc(C(=O)C/C=N/NC(N)=O)cc1. The average Bonchev–Trinajstić information content (AvgIpc) is 2.25. The van der Waals surface area contributed by atoms with Gasteiger partial charge in [-0.2, -0.15) is 5.10 Å². The number of aryl methyl sites for hydroxylation is 1. The first-order chi connectivity index (χ1) is 7.59. The van der Waals surface area contributed by atoms with Crippen LogP contribution in [0.3, 0.4) is 0 Å². The Labute approximate surface area is 93.3 Å². The number of carbonyl (C=O) groups is 2. The van der Waals surface area contributed by atoms with E-state index < -0.39 is 6.03 Å². The van der Waals surface area contributed by atoms with Gasteiger partial charge in [0.2, 0.25) is 0 Å². The van der Waals surface area contributed by atoms with Gasteiger partial charge >= 0.3 is 6.03 Å². The Morgan fingerprint density at radius 1 is 1.38 bits per heavy atom. The number of hydrogen-bond acceptors (Lipinski definition) is 3. The van der Waals surface area contributed by atoms with Crippen molar-refractivity contribution in [2.75, 3.05) is 0 Å². The van der Waals surface area contributed by atoms with Crippen molar-refractivity contribution in [1.82, 2.24) is 5.43 Å². The van der Waals surface area contributed by atoms with Gasteiger partial charge in [-0.05, 0) is 6.92 Å². The third-order valence-electron chi connectivity index (χ3n) is 1.92. The predicted molar refractivity (Wildman–Crippen MR) is 61.3 cm³/mol. The van der Waals surface area contributed by atoms with Crippen LogP contribution in [-0.2, 0) is 0 Å².